The Morgan fingerprint density at radius 3 is 2.23 bits per heavy atom. The second-order valence-electron chi connectivity index (χ2n) is 9.65. The highest BCUT2D eigenvalue weighted by Gasteiger charge is 2.17. The highest BCUT2D eigenvalue weighted by Crippen LogP contribution is 2.30. The van der Waals surface area contributed by atoms with E-state index in [9.17, 15) is 9.59 Å². The van der Waals surface area contributed by atoms with E-state index in [-0.39, 0.29) is 5.56 Å². The van der Waals surface area contributed by atoms with E-state index >= 15 is 0 Å². The molecule has 1 N–H and O–H groups in total. The van der Waals surface area contributed by atoms with Crippen LogP contribution < -0.4 is 11.3 Å². The van der Waals surface area contributed by atoms with Gasteiger partial charge in [0.1, 0.15) is 5.82 Å². The smallest absolute Gasteiger partial charge is 0.296 e. The molecule has 0 saturated heterocycles. The zero-order chi connectivity index (χ0) is 27.2. The van der Waals surface area contributed by atoms with Gasteiger partial charge in [-0.3, -0.25) is 18.9 Å². The minimum Gasteiger partial charge on any atom is -0.296 e. The van der Waals surface area contributed by atoms with Crippen LogP contribution in [0.1, 0.15) is 54.9 Å². The Balaban J connectivity index is 1.50. The number of nitrogens with zero attached hydrogens (tertiary/aromatic N) is 3. The van der Waals surface area contributed by atoms with Crippen molar-refractivity contribution in [1.82, 2.24) is 19.7 Å². The lowest BCUT2D eigenvalue weighted by atomic mass is 9.96. The average Bonchev–Trinajstić information content (AvgIpc) is 3.41. The number of nitrogens with one attached hydrogen (secondary N) is 1. The van der Waals surface area contributed by atoms with E-state index in [2.05, 4.69) is 36.1 Å². The van der Waals surface area contributed by atoms with E-state index in [0.29, 0.717) is 25.2 Å². The van der Waals surface area contributed by atoms with Gasteiger partial charge >= 0.3 is 5.76 Å². The van der Waals surface area contributed by atoms with Crippen LogP contribution >= 0.6 is 0 Å². The first kappa shape index (κ1) is 26.1. The molecule has 0 fully saturated rings. The molecule has 198 valence electrons. The minimum atomic E-state index is -0.588. The predicted molar refractivity (Wildman–Crippen MR) is 153 cm³/mol. The van der Waals surface area contributed by atoms with Gasteiger partial charge in [0.25, 0.3) is 5.56 Å². The lowest BCUT2D eigenvalue weighted by Gasteiger charge is -2.17. The topological polar surface area (TPSA) is 93.8 Å². The molecule has 5 aromatic rings. The normalized spacial score (nSPS) is 11.1. The van der Waals surface area contributed by atoms with Crippen LogP contribution in [0.5, 0.6) is 0 Å². The van der Waals surface area contributed by atoms with Crippen molar-refractivity contribution in [2.45, 2.75) is 52.5 Å². The van der Waals surface area contributed by atoms with Crippen molar-refractivity contribution in [1.29, 1.82) is 0 Å². The fourth-order valence-corrected chi connectivity index (χ4v) is 4.91. The van der Waals surface area contributed by atoms with E-state index in [1.165, 1.54) is 0 Å². The summed E-state index contributed by atoms with van der Waals surface area (Å²) in [7, 11) is 0. The number of aromatic nitrogens is 4. The number of aryl methyl sites for hydroxylation is 2. The molecule has 0 spiro atoms. The fourth-order valence-electron chi connectivity index (χ4n) is 4.91. The molecule has 0 aliphatic rings. The molecular formula is C32H32N4O3. The summed E-state index contributed by atoms with van der Waals surface area (Å²) in [5.74, 6) is 0.632. The van der Waals surface area contributed by atoms with Crippen LogP contribution in [0.2, 0.25) is 0 Å². The lowest BCUT2D eigenvalue weighted by Crippen LogP contribution is -2.31. The molecule has 0 bridgehead atoms. The fraction of sp³-hybridized carbons (Fsp3) is 0.250. The number of unbranched alkanes of at least 4 members (excludes halogenated alkanes) is 1. The van der Waals surface area contributed by atoms with Crippen molar-refractivity contribution in [2.75, 3.05) is 0 Å². The lowest BCUT2D eigenvalue weighted by molar-refractivity contribution is 0.388. The molecule has 2 aromatic heterocycles. The van der Waals surface area contributed by atoms with Crippen molar-refractivity contribution in [2.24, 2.45) is 0 Å². The summed E-state index contributed by atoms with van der Waals surface area (Å²) in [5, 5.41) is 3.85. The highest BCUT2D eigenvalue weighted by atomic mass is 16.5. The van der Waals surface area contributed by atoms with Crippen molar-refractivity contribution < 1.29 is 4.52 Å². The van der Waals surface area contributed by atoms with Gasteiger partial charge in [-0.15, -0.1) is 0 Å². The van der Waals surface area contributed by atoms with Gasteiger partial charge < -0.3 is 0 Å². The van der Waals surface area contributed by atoms with Gasteiger partial charge in [0.05, 0.1) is 12.2 Å². The van der Waals surface area contributed by atoms with Gasteiger partial charge in [-0.2, -0.15) is 0 Å². The molecule has 0 unspecified atom stereocenters. The van der Waals surface area contributed by atoms with Crippen LogP contribution in [0.3, 0.4) is 0 Å². The number of benzene rings is 3. The number of H-pyrrole nitrogens is 1. The third kappa shape index (κ3) is 5.82. The van der Waals surface area contributed by atoms with Crippen LogP contribution in [0.15, 0.2) is 93.0 Å². The predicted octanol–water partition coefficient (Wildman–Crippen LogP) is 5.80. The number of hydrogen-bond acceptors (Lipinski definition) is 5. The van der Waals surface area contributed by atoms with E-state index in [4.69, 9.17) is 9.51 Å². The molecule has 5 rings (SSSR count). The SMILES string of the molecule is CCCCc1nc(CC)n(Cc2ccccc2)c(=O)c1Cc1ccc(-c2ccccc2-c2noc(=O)[nH]2)cc1. The molecule has 0 atom stereocenters. The summed E-state index contributed by atoms with van der Waals surface area (Å²) in [4.78, 5) is 33.1. The zero-order valence-electron chi connectivity index (χ0n) is 22.3. The Labute approximate surface area is 227 Å². The third-order valence-corrected chi connectivity index (χ3v) is 6.96. The van der Waals surface area contributed by atoms with Crippen LogP contribution in [0, 0.1) is 0 Å². The summed E-state index contributed by atoms with van der Waals surface area (Å²) in [6.45, 7) is 4.72. The molecule has 7 heteroatoms. The maximum atomic E-state index is 13.9. The van der Waals surface area contributed by atoms with E-state index in [1.807, 2.05) is 71.3 Å². The van der Waals surface area contributed by atoms with Crippen molar-refractivity contribution in [3.05, 3.63) is 128 Å². The zero-order valence-corrected chi connectivity index (χ0v) is 22.3. The van der Waals surface area contributed by atoms with E-state index in [1.54, 1.807) is 0 Å². The number of aromatic amines is 1. The minimum absolute atomic E-state index is 0.0428. The quantitative estimate of drug-likeness (QED) is 0.251. The van der Waals surface area contributed by atoms with Crippen molar-refractivity contribution in [3.8, 4) is 22.5 Å². The third-order valence-electron chi connectivity index (χ3n) is 6.96. The van der Waals surface area contributed by atoms with Crippen molar-refractivity contribution >= 4 is 0 Å². The Bertz CT molecular complexity index is 1660. The first-order valence-corrected chi connectivity index (χ1v) is 13.5. The Kier molecular flexibility index (Phi) is 7.96. The molecular weight excluding hydrogens is 488 g/mol. The molecule has 0 amide bonds. The standard InChI is InChI=1S/C32H32N4O3/c1-3-5-15-28-27(31(37)36(29(4-2)33-28)21-23-11-7-6-8-12-23)20-22-16-18-24(19-17-22)25-13-9-10-14-26(25)30-34-32(38)39-35-30/h6-14,16-19H,3-5,15,20-21H2,1-2H3,(H,34,35,38). The molecule has 39 heavy (non-hydrogen) atoms. The Morgan fingerprint density at radius 2 is 1.56 bits per heavy atom. The summed E-state index contributed by atoms with van der Waals surface area (Å²) in [6.07, 6.45) is 4.04. The molecule has 0 aliphatic heterocycles. The van der Waals surface area contributed by atoms with E-state index in [0.717, 1.165) is 64.2 Å². The average molecular weight is 521 g/mol. The van der Waals surface area contributed by atoms with Gasteiger partial charge in [-0.25, -0.2) is 9.78 Å². The first-order valence-electron chi connectivity index (χ1n) is 13.5. The van der Waals surface area contributed by atoms with Crippen molar-refractivity contribution in [3.63, 3.8) is 0 Å². The van der Waals surface area contributed by atoms with Crippen LogP contribution in [-0.4, -0.2) is 19.7 Å². The molecule has 7 nitrogen and oxygen atoms in total. The second kappa shape index (κ2) is 11.9. The van der Waals surface area contributed by atoms with Crippen LogP contribution in [0.25, 0.3) is 22.5 Å². The second-order valence-corrected chi connectivity index (χ2v) is 9.65. The Morgan fingerprint density at radius 1 is 0.846 bits per heavy atom. The molecule has 3 aromatic carbocycles. The van der Waals surface area contributed by atoms with Crippen LogP contribution in [-0.2, 0) is 25.8 Å². The largest absolute Gasteiger partial charge is 0.439 e. The van der Waals surface area contributed by atoms with Gasteiger partial charge in [0, 0.05) is 24.0 Å². The molecule has 0 aliphatic carbocycles. The summed E-state index contributed by atoms with van der Waals surface area (Å²) < 4.78 is 6.55. The molecule has 0 radical (unpaired) electrons. The number of rotatable bonds is 10. The van der Waals surface area contributed by atoms with Gasteiger partial charge in [-0.05, 0) is 35.1 Å². The van der Waals surface area contributed by atoms with Gasteiger partial charge in [0.15, 0.2) is 5.82 Å². The van der Waals surface area contributed by atoms with Gasteiger partial charge in [-0.1, -0.05) is 104 Å². The van der Waals surface area contributed by atoms with Gasteiger partial charge in [0.2, 0.25) is 0 Å². The highest BCUT2D eigenvalue weighted by molar-refractivity contribution is 5.80. The number of hydrogen-bond donors (Lipinski definition) is 1. The van der Waals surface area contributed by atoms with Crippen LogP contribution in [0.4, 0.5) is 0 Å². The maximum Gasteiger partial charge on any atom is 0.439 e. The first-order chi connectivity index (χ1) is 19.1. The van der Waals surface area contributed by atoms with E-state index < -0.39 is 5.76 Å². The Hall–Kier alpha value is -4.52. The summed E-state index contributed by atoms with van der Waals surface area (Å²) >= 11 is 0. The maximum absolute atomic E-state index is 13.9. The molecule has 0 saturated carbocycles. The summed E-state index contributed by atoms with van der Waals surface area (Å²) in [6, 6.07) is 26.0. The monoisotopic (exact) mass is 520 g/mol. The summed E-state index contributed by atoms with van der Waals surface area (Å²) in [5.41, 5.74) is 6.53. The molecule has 2 heterocycles.